The van der Waals surface area contributed by atoms with Gasteiger partial charge in [-0.2, -0.15) is 0 Å². The van der Waals surface area contributed by atoms with Gasteiger partial charge in [-0.05, 0) is 24.3 Å². The fraction of sp³-hybridized carbons (Fsp3) is 0.143. The van der Waals surface area contributed by atoms with Gasteiger partial charge in [-0.3, -0.25) is 4.79 Å². The van der Waals surface area contributed by atoms with E-state index in [4.69, 9.17) is 10.2 Å². The number of furan rings is 1. The third-order valence-corrected chi connectivity index (χ3v) is 2.84. The number of esters is 1. The van der Waals surface area contributed by atoms with Gasteiger partial charge in [0.2, 0.25) is 11.7 Å². The highest BCUT2D eigenvalue weighted by Crippen LogP contribution is 2.19. The second kappa shape index (κ2) is 6.08. The lowest BCUT2D eigenvalue weighted by Crippen LogP contribution is -2.12. The van der Waals surface area contributed by atoms with Crippen LogP contribution >= 0.6 is 0 Å². The number of nitrogens with two attached hydrogens (primary N) is 1. The van der Waals surface area contributed by atoms with Gasteiger partial charge < -0.3 is 20.2 Å². The molecule has 0 fully saturated rings. The minimum Gasteiger partial charge on any atom is -0.463 e. The largest absolute Gasteiger partial charge is 0.463 e. The molecule has 0 aliphatic carbocycles. The molecule has 3 N–H and O–H groups in total. The molecular formula is C14H13FN2O4. The third kappa shape index (κ3) is 3.19. The minimum absolute atomic E-state index is 0.0384. The number of primary amides is 1. The summed E-state index contributed by atoms with van der Waals surface area (Å²) in [5.74, 6) is -1.78. The Morgan fingerprint density at radius 2 is 2.14 bits per heavy atom. The molecule has 1 aromatic heterocycles. The molecular weight excluding hydrogens is 279 g/mol. The number of halogens is 1. The molecule has 1 aromatic carbocycles. The first kappa shape index (κ1) is 14.6. The zero-order valence-electron chi connectivity index (χ0n) is 11.2. The second-order valence-electron chi connectivity index (χ2n) is 4.18. The van der Waals surface area contributed by atoms with E-state index in [-0.39, 0.29) is 23.6 Å². The highest BCUT2D eigenvalue weighted by molar-refractivity contribution is 5.93. The molecule has 2 aromatic rings. The summed E-state index contributed by atoms with van der Waals surface area (Å²) in [6, 6.07) is 5.30. The van der Waals surface area contributed by atoms with Crippen LogP contribution in [0.15, 0.2) is 34.9 Å². The van der Waals surface area contributed by atoms with Crippen LogP contribution in [0, 0.1) is 5.82 Å². The van der Waals surface area contributed by atoms with Crippen LogP contribution in [0.25, 0.3) is 0 Å². The van der Waals surface area contributed by atoms with Crippen LogP contribution < -0.4 is 11.1 Å². The first-order chi connectivity index (χ1) is 10.0. The Kier molecular flexibility index (Phi) is 4.22. The molecule has 0 bridgehead atoms. The van der Waals surface area contributed by atoms with Crippen LogP contribution in [0.4, 0.5) is 10.1 Å². The fourth-order valence-corrected chi connectivity index (χ4v) is 1.75. The molecule has 2 rings (SSSR count). The molecule has 0 spiro atoms. The molecule has 21 heavy (non-hydrogen) atoms. The maximum Gasteiger partial charge on any atom is 0.374 e. The van der Waals surface area contributed by atoms with Crippen molar-refractivity contribution in [3.63, 3.8) is 0 Å². The summed E-state index contributed by atoms with van der Waals surface area (Å²) in [7, 11) is 1.23. The van der Waals surface area contributed by atoms with Crippen molar-refractivity contribution in [2.75, 3.05) is 12.4 Å². The summed E-state index contributed by atoms with van der Waals surface area (Å²) in [6.07, 6.45) is 1.33. The number of methoxy groups -OCH3 is 1. The summed E-state index contributed by atoms with van der Waals surface area (Å²) in [4.78, 5) is 22.5. The number of hydrogen-bond donors (Lipinski definition) is 2. The molecule has 110 valence electrons. The highest BCUT2D eigenvalue weighted by Gasteiger charge is 2.16. The maximum absolute atomic E-state index is 13.7. The molecule has 0 atom stereocenters. The van der Waals surface area contributed by atoms with Gasteiger partial charge in [0.1, 0.15) is 5.82 Å². The van der Waals surface area contributed by atoms with E-state index in [0.29, 0.717) is 5.56 Å². The lowest BCUT2D eigenvalue weighted by atomic mass is 10.1. The van der Waals surface area contributed by atoms with Crippen molar-refractivity contribution in [2.45, 2.75) is 6.54 Å². The summed E-state index contributed by atoms with van der Waals surface area (Å²) in [6.45, 7) is 0.125. The predicted molar refractivity (Wildman–Crippen MR) is 72.3 cm³/mol. The fourth-order valence-electron chi connectivity index (χ4n) is 1.75. The van der Waals surface area contributed by atoms with Crippen LogP contribution in [-0.2, 0) is 11.3 Å². The van der Waals surface area contributed by atoms with Crippen LogP contribution in [-0.4, -0.2) is 19.0 Å². The van der Waals surface area contributed by atoms with E-state index in [2.05, 4.69) is 10.1 Å². The third-order valence-electron chi connectivity index (χ3n) is 2.84. The predicted octanol–water partition coefficient (Wildman–Crippen LogP) is 1.92. The normalized spacial score (nSPS) is 10.2. The topological polar surface area (TPSA) is 94.6 Å². The highest BCUT2D eigenvalue weighted by atomic mass is 19.1. The Morgan fingerprint density at radius 3 is 2.81 bits per heavy atom. The number of amides is 1. The Hall–Kier alpha value is -2.83. The molecule has 1 amide bonds. The molecule has 0 unspecified atom stereocenters. The van der Waals surface area contributed by atoms with Crippen molar-refractivity contribution in [3.05, 3.63) is 53.2 Å². The molecule has 7 heteroatoms. The number of nitrogens with one attached hydrogen (secondary N) is 1. The number of ether oxygens (including phenoxy) is 1. The smallest absolute Gasteiger partial charge is 0.374 e. The van der Waals surface area contributed by atoms with Crippen molar-refractivity contribution in [2.24, 2.45) is 5.73 Å². The lowest BCUT2D eigenvalue weighted by Gasteiger charge is -2.08. The van der Waals surface area contributed by atoms with Crippen molar-refractivity contribution < 1.29 is 23.1 Å². The van der Waals surface area contributed by atoms with Crippen LogP contribution in [0.5, 0.6) is 0 Å². The average Bonchev–Trinajstić information content (AvgIpc) is 2.93. The number of carbonyl (C=O) groups excluding carboxylic acids is 2. The van der Waals surface area contributed by atoms with E-state index in [1.807, 2.05) is 0 Å². The number of carbonyl (C=O) groups is 2. The average molecular weight is 292 g/mol. The number of anilines is 1. The zero-order chi connectivity index (χ0) is 15.4. The van der Waals surface area contributed by atoms with Crippen LogP contribution in [0.1, 0.15) is 26.5 Å². The van der Waals surface area contributed by atoms with E-state index in [1.165, 1.54) is 25.5 Å². The van der Waals surface area contributed by atoms with Gasteiger partial charge in [0, 0.05) is 17.7 Å². The van der Waals surface area contributed by atoms with E-state index in [0.717, 1.165) is 6.07 Å². The van der Waals surface area contributed by atoms with Gasteiger partial charge in [0.15, 0.2) is 0 Å². The summed E-state index contributed by atoms with van der Waals surface area (Å²) < 4.78 is 23.2. The molecule has 6 nitrogen and oxygen atoms in total. The summed E-state index contributed by atoms with van der Waals surface area (Å²) in [5.41, 5.74) is 5.93. The van der Waals surface area contributed by atoms with Gasteiger partial charge in [-0.1, -0.05) is 0 Å². The number of benzene rings is 1. The quantitative estimate of drug-likeness (QED) is 0.821. The lowest BCUT2D eigenvalue weighted by molar-refractivity contribution is 0.0563. The minimum atomic E-state index is -0.656. The van der Waals surface area contributed by atoms with Crippen LogP contribution in [0.3, 0.4) is 0 Å². The van der Waals surface area contributed by atoms with E-state index >= 15 is 0 Å². The second-order valence-corrected chi connectivity index (χ2v) is 4.18. The van der Waals surface area contributed by atoms with Crippen LogP contribution in [0.2, 0.25) is 0 Å². The number of hydrogen-bond acceptors (Lipinski definition) is 5. The molecule has 0 aliphatic rings. The Labute approximate surface area is 119 Å². The van der Waals surface area contributed by atoms with Gasteiger partial charge >= 0.3 is 5.97 Å². The zero-order valence-corrected chi connectivity index (χ0v) is 11.2. The van der Waals surface area contributed by atoms with Crippen molar-refractivity contribution in [1.82, 2.24) is 0 Å². The first-order valence-corrected chi connectivity index (χ1v) is 6.01. The van der Waals surface area contributed by atoms with E-state index < -0.39 is 17.7 Å². The standard InChI is InChI=1S/C14H13FN2O4/c1-20-14(19)12-9(4-5-21-12)7-17-11-6-8(13(16)18)2-3-10(11)15/h2-6,17H,7H2,1H3,(H2,16,18). The van der Waals surface area contributed by atoms with E-state index in [9.17, 15) is 14.0 Å². The van der Waals surface area contributed by atoms with E-state index in [1.54, 1.807) is 6.07 Å². The Balaban J connectivity index is 2.17. The summed E-state index contributed by atoms with van der Waals surface area (Å²) >= 11 is 0. The molecule has 0 saturated heterocycles. The maximum atomic E-state index is 13.7. The SMILES string of the molecule is COC(=O)c1occc1CNc1cc(C(N)=O)ccc1F. The van der Waals surface area contributed by atoms with Gasteiger partial charge in [-0.15, -0.1) is 0 Å². The first-order valence-electron chi connectivity index (χ1n) is 6.01. The Bertz CT molecular complexity index is 681. The monoisotopic (exact) mass is 292 g/mol. The van der Waals surface area contributed by atoms with Gasteiger partial charge in [0.05, 0.1) is 19.1 Å². The van der Waals surface area contributed by atoms with Gasteiger partial charge in [-0.25, -0.2) is 9.18 Å². The molecule has 1 heterocycles. The molecule has 0 radical (unpaired) electrons. The molecule has 0 aliphatic heterocycles. The summed E-state index contributed by atoms with van der Waals surface area (Å²) in [5, 5.41) is 2.78. The molecule has 0 saturated carbocycles. The van der Waals surface area contributed by atoms with Crippen molar-refractivity contribution in [3.8, 4) is 0 Å². The van der Waals surface area contributed by atoms with Gasteiger partial charge in [0.25, 0.3) is 0 Å². The number of rotatable bonds is 5. The Morgan fingerprint density at radius 1 is 1.38 bits per heavy atom. The van der Waals surface area contributed by atoms with Crippen molar-refractivity contribution in [1.29, 1.82) is 0 Å². The van der Waals surface area contributed by atoms with Crippen molar-refractivity contribution >= 4 is 17.6 Å².